The van der Waals surface area contributed by atoms with Gasteiger partial charge in [0.1, 0.15) is 0 Å². The number of nitrogen functional groups attached to an aromatic ring is 1. The van der Waals surface area contributed by atoms with Crippen molar-refractivity contribution in [2.24, 2.45) is 5.92 Å². The van der Waals surface area contributed by atoms with Gasteiger partial charge in [-0.15, -0.1) is 0 Å². The average molecular weight is 291 g/mol. The van der Waals surface area contributed by atoms with Gasteiger partial charge in [-0.3, -0.25) is 0 Å². The highest BCUT2D eigenvalue weighted by Crippen LogP contribution is 2.23. The van der Waals surface area contributed by atoms with Gasteiger partial charge < -0.3 is 5.73 Å². The van der Waals surface area contributed by atoms with Gasteiger partial charge in [0.25, 0.3) is 0 Å². The molecule has 0 saturated carbocycles. The number of anilines is 1. The smallest absolute Gasteiger partial charge is 0.240 e. The van der Waals surface area contributed by atoms with Crippen LogP contribution in [0.3, 0.4) is 0 Å². The standard InChI is InChI=1S/C12H19ClN2O2S/c1-4-12(8(2)3)15-18(16,17)9-5-6-11(14)10(13)7-9/h5-8,12,15H,4,14H2,1-3H3. The summed E-state index contributed by atoms with van der Waals surface area (Å²) in [5.41, 5.74) is 5.93. The second-order valence-corrected chi connectivity index (χ2v) is 6.68. The lowest BCUT2D eigenvalue weighted by molar-refractivity contribution is 0.437. The molecule has 0 aliphatic carbocycles. The van der Waals surface area contributed by atoms with Crippen molar-refractivity contribution >= 4 is 27.3 Å². The molecule has 1 rings (SSSR count). The van der Waals surface area contributed by atoms with Crippen LogP contribution in [0.5, 0.6) is 0 Å². The van der Waals surface area contributed by atoms with Gasteiger partial charge in [-0.25, -0.2) is 13.1 Å². The molecule has 1 aromatic rings. The molecular weight excluding hydrogens is 272 g/mol. The molecule has 1 aromatic carbocycles. The van der Waals surface area contributed by atoms with Crippen LogP contribution < -0.4 is 10.5 Å². The number of nitrogens with two attached hydrogens (primary N) is 1. The molecule has 0 bridgehead atoms. The minimum atomic E-state index is -3.55. The third-order valence-electron chi connectivity index (χ3n) is 2.83. The summed E-state index contributed by atoms with van der Waals surface area (Å²) in [4.78, 5) is 0.140. The summed E-state index contributed by atoms with van der Waals surface area (Å²) < 4.78 is 27.0. The number of nitrogens with one attached hydrogen (secondary N) is 1. The van der Waals surface area contributed by atoms with E-state index >= 15 is 0 Å². The summed E-state index contributed by atoms with van der Waals surface area (Å²) >= 11 is 5.84. The molecule has 1 unspecified atom stereocenters. The van der Waals surface area contributed by atoms with E-state index in [4.69, 9.17) is 17.3 Å². The Morgan fingerprint density at radius 2 is 2.00 bits per heavy atom. The SMILES string of the molecule is CCC(NS(=O)(=O)c1ccc(N)c(Cl)c1)C(C)C. The molecule has 0 radical (unpaired) electrons. The first-order chi connectivity index (χ1) is 8.27. The zero-order chi connectivity index (χ0) is 13.9. The molecule has 6 heteroatoms. The van der Waals surface area contributed by atoms with E-state index in [1.54, 1.807) is 0 Å². The Hall–Kier alpha value is -0.780. The predicted octanol–water partition coefficient (Wildman–Crippen LogP) is 2.64. The number of sulfonamides is 1. The van der Waals surface area contributed by atoms with Crippen molar-refractivity contribution in [3.05, 3.63) is 23.2 Å². The Morgan fingerprint density at radius 1 is 1.39 bits per heavy atom. The van der Waals surface area contributed by atoms with E-state index in [0.717, 1.165) is 6.42 Å². The molecule has 0 fully saturated rings. The van der Waals surface area contributed by atoms with E-state index in [0.29, 0.717) is 5.69 Å². The normalized spacial score (nSPS) is 13.8. The van der Waals surface area contributed by atoms with Gasteiger partial charge >= 0.3 is 0 Å². The van der Waals surface area contributed by atoms with Crippen molar-refractivity contribution in [1.82, 2.24) is 4.72 Å². The van der Waals surface area contributed by atoms with Crippen molar-refractivity contribution < 1.29 is 8.42 Å². The minimum Gasteiger partial charge on any atom is -0.398 e. The van der Waals surface area contributed by atoms with Crippen LogP contribution in [0.4, 0.5) is 5.69 Å². The van der Waals surface area contributed by atoms with Crippen LogP contribution in [-0.2, 0) is 10.0 Å². The monoisotopic (exact) mass is 290 g/mol. The van der Waals surface area contributed by atoms with Gasteiger partial charge in [-0.1, -0.05) is 32.4 Å². The van der Waals surface area contributed by atoms with Gasteiger partial charge in [0.05, 0.1) is 15.6 Å². The second-order valence-electron chi connectivity index (χ2n) is 4.56. The van der Waals surface area contributed by atoms with Crippen molar-refractivity contribution in [1.29, 1.82) is 0 Å². The number of hydrogen-bond donors (Lipinski definition) is 2. The minimum absolute atomic E-state index is 0.0914. The van der Waals surface area contributed by atoms with Crippen LogP contribution in [0.25, 0.3) is 0 Å². The molecule has 0 aromatic heterocycles. The molecule has 0 saturated heterocycles. The Balaban J connectivity index is 3.02. The maximum Gasteiger partial charge on any atom is 0.240 e. The predicted molar refractivity (Wildman–Crippen MR) is 75.1 cm³/mol. The number of rotatable bonds is 5. The summed E-state index contributed by atoms with van der Waals surface area (Å²) in [5, 5.41) is 0.246. The van der Waals surface area contributed by atoms with Crippen molar-refractivity contribution in [3.8, 4) is 0 Å². The molecule has 0 amide bonds. The highest BCUT2D eigenvalue weighted by Gasteiger charge is 2.21. The summed E-state index contributed by atoms with van der Waals surface area (Å²) in [6, 6.07) is 4.22. The van der Waals surface area contributed by atoms with E-state index in [2.05, 4.69) is 4.72 Å². The zero-order valence-electron chi connectivity index (χ0n) is 10.8. The summed E-state index contributed by atoms with van der Waals surface area (Å²) in [6.07, 6.45) is 0.736. The van der Waals surface area contributed by atoms with Crippen LogP contribution in [0.2, 0.25) is 5.02 Å². The molecule has 0 aliphatic rings. The lowest BCUT2D eigenvalue weighted by Gasteiger charge is -2.20. The maximum absolute atomic E-state index is 12.2. The Bertz CT molecular complexity index is 515. The fourth-order valence-corrected chi connectivity index (χ4v) is 3.37. The third-order valence-corrected chi connectivity index (χ3v) is 4.65. The fraction of sp³-hybridized carbons (Fsp3) is 0.500. The summed E-state index contributed by atoms with van der Waals surface area (Å²) in [6.45, 7) is 5.91. The molecule has 0 spiro atoms. The fourth-order valence-electron chi connectivity index (χ4n) is 1.63. The number of hydrogen-bond acceptors (Lipinski definition) is 3. The van der Waals surface area contributed by atoms with Gasteiger partial charge in [-0.2, -0.15) is 0 Å². The third kappa shape index (κ3) is 3.60. The molecule has 4 nitrogen and oxygen atoms in total. The molecule has 1 atom stereocenters. The van der Waals surface area contributed by atoms with Gasteiger partial charge in [0, 0.05) is 6.04 Å². The first kappa shape index (κ1) is 15.3. The molecule has 0 aliphatic heterocycles. The van der Waals surface area contributed by atoms with Crippen LogP contribution in [-0.4, -0.2) is 14.5 Å². The van der Waals surface area contributed by atoms with Crippen molar-refractivity contribution in [2.45, 2.75) is 38.1 Å². The topological polar surface area (TPSA) is 72.2 Å². The molecule has 0 heterocycles. The highest BCUT2D eigenvalue weighted by molar-refractivity contribution is 7.89. The van der Waals surface area contributed by atoms with Crippen LogP contribution in [0.1, 0.15) is 27.2 Å². The van der Waals surface area contributed by atoms with E-state index in [1.807, 2.05) is 20.8 Å². The van der Waals surface area contributed by atoms with Crippen LogP contribution in [0.15, 0.2) is 23.1 Å². The Kier molecular flexibility index (Phi) is 5.01. The maximum atomic E-state index is 12.2. The molecular formula is C12H19ClN2O2S. The Labute approximate surface area is 114 Å². The summed E-state index contributed by atoms with van der Waals surface area (Å²) in [5.74, 6) is 0.231. The lowest BCUT2D eigenvalue weighted by Crippen LogP contribution is -2.37. The molecule has 102 valence electrons. The highest BCUT2D eigenvalue weighted by atomic mass is 35.5. The lowest BCUT2D eigenvalue weighted by atomic mass is 10.0. The van der Waals surface area contributed by atoms with Crippen molar-refractivity contribution in [2.75, 3.05) is 5.73 Å². The van der Waals surface area contributed by atoms with Gasteiger partial charge in [-0.05, 0) is 30.5 Å². The molecule has 18 heavy (non-hydrogen) atoms. The first-order valence-electron chi connectivity index (χ1n) is 5.85. The van der Waals surface area contributed by atoms with E-state index in [1.165, 1.54) is 18.2 Å². The largest absolute Gasteiger partial charge is 0.398 e. The second kappa shape index (κ2) is 5.91. The van der Waals surface area contributed by atoms with E-state index in [-0.39, 0.29) is 21.9 Å². The quantitative estimate of drug-likeness (QED) is 0.819. The van der Waals surface area contributed by atoms with E-state index in [9.17, 15) is 8.42 Å². The van der Waals surface area contributed by atoms with E-state index < -0.39 is 10.0 Å². The first-order valence-corrected chi connectivity index (χ1v) is 7.71. The number of benzene rings is 1. The van der Waals surface area contributed by atoms with Crippen molar-refractivity contribution in [3.63, 3.8) is 0 Å². The van der Waals surface area contributed by atoms with Crippen LogP contribution in [0, 0.1) is 5.92 Å². The van der Waals surface area contributed by atoms with Gasteiger partial charge in [0.15, 0.2) is 0 Å². The molecule has 3 N–H and O–H groups in total. The number of halogens is 1. The zero-order valence-corrected chi connectivity index (χ0v) is 12.3. The van der Waals surface area contributed by atoms with Gasteiger partial charge in [0.2, 0.25) is 10.0 Å². The average Bonchev–Trinajstić information content (AvgIpc) is 2.29. The Morgan fingerprint density at radius 3 is 2.44 bits per heavy atom. The van der Waals surface area contributed by atoms with Crippen LogP contribution >= 0.6 is 11.6 Å². The summed E-state index contributed by atoms with van der Waals surface area (Å²) in [7, 11) is -3.55.